The molecule has 2 aromatic rings. The lowest BCUT2D eigenvalue weighted by Gasteiger charge is -2.34. The quantitative estimate of drug-likeness (QED) is 0.685. The number of ether oxygens (including phenoxy) is 1. The van der Waals surface area contributed by atoms with Gasteiger partial charge < -0.3 is 19.0 Å². The number of carbonyl (C=O) groups excluding carboxylic acids is 2. The highest BCUT2D eigenvalue weighted by Gasteiger charge is 2.23. The van der Waals surface area contributed by atoms with E-state index in [0.29, 0.717) is 49.6 Å². The van der Waals surface area contributed by atoms with Crippen molar-refractivity contribution in [3.8, 4) is 5.75 Å². The average molecular weight is 415 g/mol. The van der Waals surface area contributed by atoms with Gasteiger partial charge in [0.25, 0.3) is 5.91 Å². The second kappa shape index (κ2) is 8.87. The van der Waals surface area contributed by atoms with Crippen molar-refractivity contribution in [3.05, 3.63) is 39.2 Å². The van der Waals surface area contributed by atoms with Crippen molar-refractivity contribution in [2.75, 3.05) is 53.4 Å². The van der Waals surface area contributed by atoms with Crippen molar-refractivity contribution in [1.82, 2.24) is 14.7 Å². The van der Waals surface area contributed by atoms with E-state index in [0.717, 1.165) is 16.5 Å². The standard InChI is InChI=1S/C22H29N3O5/c1-14-10-17(21-15(2)16(3)22(28)30-18(21)11-14)29-13-20(27)25-8-6-24(7-9-25)12-19(26)23(4)5/h10-11H,6-9,12-13H2,1-5H3. The third-order valence-electron chi connectivity index (χ3n) is 5.59. The number of rotatable bonds is 5. The summed E-state index contributed by atoms with van der Waals surface area (Å²) >= 11 is 0. The van der Waals surface area contributed by atoms with Crippen LogP contribution in [0.1, 0.15) is 16.7 Å². The van der Waals surface area contributed by atoms with Gasteiger partial charge in [-0.1, -0.05) is 0 Å². The van der Waals surface area contributed by atoms with Crippen molar-refractivity contribution < 1.29 is 18.7 Å². The lowest BCUT2D eigenvalue weighted by atomic mass is 10.0. The number of hydrogen-bond acceptors (Lipinski definition) is 6. The maximum Gasteiger partial charge on any atom is 0.339 e. The summed E-state index contributed by atoms with van der Waals surface area (Å²) in [4.78, 5) is 41.9. The smallest absolute Gasteiger partial charge is 0.339 e. The summed E-state index contributed by atoms with van der Waals surface area (Å²) in [6.45, 7) is 8.16. The van der Waals surface area contributed by atoms with Crippen molar-refractivity contribution >= 4 is 22.8 Å². The van der Waals surface area contributed by atoms with Crippen LogP contribution in [0.5, 0.6) is 5.75 Å². The Kier molecular flexibility index (Phi) is 6.45. The molecular formula is C22H29N3O5. The summed E-state index contributed by atoms with van der Waals surface area (Å²) in [7, 11) is 3.48. The molecule has 0 N–H and O–H groups in total. The van der Waals surface area contributed by atoms with Gasteiger partial charge in [0, 0.05) is 45.8 Å². The molecule has 1 aromatic carbocycles. The number of carbonyl (C=O) groups is 2. The Bertz CT molecular complexity index is 1020. The number of amides is 2. The van der Waals surface area contributed by atoms with E-state index in [1.54, 1.807) is 36.9 Å². The number of nitrogens with zero attached hydrogens (tertiary/aromatic N) is 3. The van der Waals surface area contributed by atoms with E-state index in [-0.39, 0.29) is 24.0 Å². The molecule has 0 spiro atoms. The highest BCUT2D eigenvalue weighted by Crippen LogP contribution is 2.30. The number of aryl methyl sites for hydroxylation is 2. The molecule has 30 heavy (non-hydrogen) atoms. The number of fused-ring (bicyclic) bond motifs is 1. The Balaban J connectivity index is 1.66. The predicted octanol–water partition coefficient (Wildman–Crippen LogP) is 1.33. The summed E-state index contributed by atoms with van der Waals surface area (Å²) in [5.41, 5.74) is 2.31. The van der Waals surface area contributed by atoms with E-state index >= 15 is 0 Å². The van der Waals surface area contributed by atoms with Gasteiger partial charge in [0.05, 0.1) is 11.9 Å². The van der Waals surface area contributed by atoms with Gasteiger partial charge in [-0.2, -0.15) is 0 Å². The minimum Gasteiger partial charge on any atom is -0.483 e. The molecule has 1 fully saturated rings. The molecule has 3 rings (SSSR count). The number of likely N-dealkylation sites (N-methyl/N-ethyl adjacent to an activating group) is 1. The maximum absolute atomic E-state index is 12.7. The van der Waals surface area contributed by atoms with E-state index < -0.39 is 0 Å². The minimum absolute atomic E-state index is 0.0572. The van der Waals surface area contributed by atoms with Crippen LogP contribution in [0, 0.1) is 20.8 Å². The average Bonchev–Trinajstić information content (AvgIpc) is 2.70. The van der Waals surface area contributed by atoms with Gasteiger partial charge in [0.2, 0.25) is 5.91 Å². The maximum atomic E-state index is 12.7. The fourth-order valence-corrected chi connectivity index (χ4v) is 3.52. The first-order valence-corrected chi connectivity index (χ1v) is 10.0. The molecule has 0 unspecified atom stereocenters. The molecule has 2 amide bonds. The lowest BCUT2D eigenvalue weighted by Crippen LogP contribution is -2.51. The first kappa shape index (κ1) is 21.8. The molecule has 2 heterocycles. The normalized spacial score (nSPS) is 14.8. The molecule has 0 atom stereocenters. The molecule has 1 aliphatic rings. The highest BCUT2D eigenvalue weighted by molar-refractivity contribution is 5.88. The minimum atomic E-state index is -0.363. The summed E-state index contributed by atoms with van der Waals surface area (Å²) in [6.07, 6.45) is 0. The van der Waals surface area contributed by atoms with Gasteiger partial charge >= 0.3 is 5.63 Å². The number of hydrogen-bond donors (Lipinski definition) is 0. The van der Waals surface area contributed by atoms with Gasteiger partial charge in [-0.15, -0.1) is 0 Å². The molecular weight excluding hydrogens is 386 g/mol. The number of benzene rings is 1. The molecule has 162 valence electrons. The van der Waals surface area contributed by atoms with Gasteiger partial charge in [0.15, 0.2) is 6.61 Å². The van der Waals surface area contributed by atoms with Crippen LogP contribution in [-0.2, 0) is 9.59 Å². The summed E-state index contributed by atoms with van der Waals surface area (Å²) in [5.74, 6) is 0.495. The zero-order chi connectivity index (χ0) is 22.0. The van der Waals surface area contributed by atoms with E-state index in [4.69, 9.17) is 9.15 Å². The molecule has 1 aromatic heterocycles. The molecule has 0 bridgehead atoms. The molecule has 1 saturated heterocycles. The molecule has 0 aliphatic carbocycles. The van der Waals surface area contributed by atoms with Crippen molar-refractivity contribution in [3.63, 3.8) is 0 Å². The molecule has 1 aliphatic heterocycles. The zero-order valence-electron chi connectivity index (χ0n) is 18.3. The first-order valence-electron chi connectivity index (χ1n) is 10.0. The largest absolute Gasteiger partial charge is 0.483 e. The highest BCUT2D eigenvalue weighted by atomic mass is 16.5. The fourth-order valence-electron chi connectivity index (χ4n) is 3.52. The van der Waals surface area contributed by atoms with Crippen LogP contribution >= 0.6 is 0 Å². The van der Waals surface area contributed by atoms with Crippen LogP contribution in [0.15, 0.2) is 21.3 Å². The fraction of sp³-hybridized carbons (Fsp3) is 0.500. The first-order chi connectivity index (χ1) is 14.2. The summed E-state index contributed by atoms with van der Waals surface area (Å²) in [6, 6.07) is 3.65. The Hall–Kier alpha value is -2.87. The lowest BCUT2D eigenvalue weighted by molar-refractivity contribution is -0.136. The van der Waals surface area contributed by atoms with Crippen LogP contribution in [0.2, 0.25) is 0 Å². The summed E-state index contributed by atoms with van der Waals surface area (Å²) < 4.78 is 11.3. The zero-order valence-corrected chi connectivity index (χ0v) is 18.3. The Morgan fingerprint density at radius 2 is 1.73 bits per heavy atom. The van der Waals surface area contributed by atoms with E-state index in [1.807, 2.05) is 19.9 Å². The van der Waals surface area contributed by atoms with Crippen molar-refractivity contribution in [2.45, 2.75) is 20.8 Å². The molecule has 0 saturated carbocycles. The van der Waals surface area contributed by atoms with E-state index in [1.165, 1.54) is 0 Å². The van der Waals surface area contributed by atoms with Gasteiger partial charge in [-0.25, -0.2) is 4.79 Å². The second-order valence-electron chi connectivity index (χ2n) is 8.01. The predicted molar refractivity (Wildman–Crippen MR) is 114 cm³/mol. The Morgan fingerprint density at radius 1 is 1.07 bits per heavy atom. The van der Waals surface area contributed by atoms with Crippen LogP contribution in [0.3, 0.4) is 0 Å². The Labute approximate surface area is 176 Å². The van der Waals surface area contributed by atoms with Crippen LogP contribution in [-0.4, -0.2) is 79.9 Å². The Morgan fingerprint density at radius 3 is 2.37 bits per heavy atom. The molecule has 0 radical (unpaired) electrons. The second-order valence-corrected chi connectivity index (χ2v) is 8.01. The van der Waals surface area contributed by atoms with E-state index in [9.17, 15) is 14.4 Å². The monoisotopic (exact) mass is 415 g/mol. The third kappa shape index (κ3) is 4.64. The van der Waals surface area contributed by atoms with Crippen molar-refractivity contribution in [2.24, 2.45) is 0 Å². The topological polar surface area (TPSA) is 83.3 Å². The number of piperazine rings is 1. The molecule has 8 heteroatoms. The van der Waals surface area contributed by atoms with Gasteiger partial charge in [0.1, 0.15) is 11.3 Å². The van der Waals surface area contributed by atoms with Gasteiger partial charge in [-0.3, -0.25) is 14.5 Å². The van der Waals surface area contributed by atoms with Crippen LogP contribution < -0.4 is 10.4 Å². The van der Waals surface area contributed by atoms with Gasteiger partial charge in [-0.05, 0) is 44.0 Å². The third-order valence-corrected chi connectivity index (χ3v) is 5.59. The molecule has 8 nitrogen and oxygen atoms in total. The van der Waals surface area contributed by atoms with Crippen molar-refractivity contribution in [1.29, 1.82) is 0 Å². The summed E-state index contributed by atoms with van der Waals surface area (Å²) in [5, 5.41) is 0.720. The van der Waals surface area contributed by atoms with E-state index in [2.05, 4.69) is 4.90 Å². The van der Waals surface area contributed by atoms with Crippen LogP contribution in [0.4, 0.5) is 0 Å². The van der Waals surface area contributed by atoms with Crippen LogP contribution in [0.25, 0.3) is 11.0 Å². The SMILES string of the molecule is Cc1cc(OCC(=O)N2CCN(CC(=O)N(C)C)CC2)c2c(C)c(C)c(=O)oc2c1.